The molecule has 1 aliphatic rings. The van der Waals surface area contributed by atoms with Crippen LogP contribution in [-0.4, -0.2) is 65.1 Å². The summed E-state index contributed by atoms with van der Waals surface area (Å²) in [6.45, 7) is 12.1. The number of rotatable bonds is 5. The number of ether oxygens (including phenoxy) is 2. The third kappa shape index (κ3) is 4.54. The second-order valence-electron chi connectivity index (χ2n) is 9.48. The SMILES string of the molecule is CCn1cc2c(N3CCC(CC)(N(C)C(=O)OC(C)(C)C)CC3)ccc(C(=O)OC)c2n1. The van der Waals surface area contributed by atoms with Crippen LogP contribution in [0.3, 0.4) is 0 Å². The molecule has 1 aromatic heterocycles. The van der Waals surface area contributed by atoms with Gasteiger partial charge in [-0.2, -0.15) is 5.10 Å². The van der Waals surface area contributed by atoms with Crippen LogP contribution in [0.25, 0.3) is 10.9 Å². The van der Waals surface area contributed by atoms with Crippen LogP contribution in [0, 0.1) is 0 Å². The van der Waals surface area contributed by atoms with Gasteiger partial charge in [-0.25, -0.2) is 9.59 Å². The van der Waals surface area contributed by atoms with E-state index in [0.29, 0.717) is 17.6 Å². The summed E-state index contributed by atoms with van der Waals surface area (Å²) in [4.78, 5) is 29.1. The zero-order chi connectivity index (χ0) is 23.7. The van der Waals surface area contributed by atoms with Crippen molar-refractivity contribution in [2.45, 2.75) is 71.6 Å². The molecule has 0 N–H and O–H groups in total. The Morgan fingerprint density at radius 1 is 1.19 bits per heavy atom. The van der Waals surface area contributed by atoms with Crippen LogP contribution in [0.1, 0.15) is 64.2 Å². The first-order valence-electron chi connectivity index (χ1n) is 11.4. The van der Waals surface area contributed by atoms with Gasteiger partial charge in [0.05, 0.1) is 12.7 Å². The van der Waals surface area contributed by atoms with Crippen LogP contribution < -0.4 is 4.90 Å². The van der Waals surface area contributed by atoms with Gasteiger partial charge in [0.1, 0.15) is 11.1 Å². The largest absolute Gasteiger partial charge is 0.465 e. The van der Waals surface area contributed by atoms with E-state index in [0.717, 1.165) is 43.4 Å². The zero-order valence-electron chi connectivity index (χ0n) is 20.4. The van der Waals surface area contributed by atoms with E-state index >= 15 is 0 Å². The van der Waals surface area contributed by atoms with Gasteiger partial charge >= 0.3 is 12.1 Å². The molecule has 1 aliphatic heterocycles. The average molecular weight is 445 g/mol. The number of hydrogen-bond donors (Lipinski definition) is 0. The van der Waals surface area contributed by atoms with Crippen molar-refractivity contribution in [2.24, 2.45) is 0 Å². The highest BCUT2D eigenvalue weighted by Crippen LogP contribution is 2.37. The Hall–Kier alpha value is -2.77. The molecule has 0 spiro atoms. The second kappa shape index (κ2) is 9.00. The highest BCUT2D eigenvalue weighted by atomic mass is 16.6. The van der Waals surface area contributed by atoms with Crippen molar-refractivity contribution < 1.29 is 19.1 Å². The molecule has 176 valence electrons. The van der Waals surface area contributed by atoms with E-state index < -0.39 is 5.60 Å². The molecule has 2 heterocycles. The van der Waals surface area contributed by atoms with Crippen molar-refractivity contribution >= 4 is 28.7 Å². The first-order valence-corrected chi connectivity index (χ1v) is 11.4. The molecule has 2 aromatic rings. The van der Waals surface area contributed by atoms with Crippen LogP contribution in [0.5, 0.6) is 0 Å². The number of nitrogens with zero attached hydrogens (tertiary/aromatic N) is 4. The number of hydrogen-bond acceptors (Lipinski definition) is 6. The maximum atomic E-state index is 12.7. The van der Waals surface area contributed by atoms with E-state index in [1.165, 1.54) is 7.11 Å². The minimum Gasteiger partial charge on any atom is -0.465 e. The highest BCUT2D eigenvalue weighted by molar-refractivity contribution is 6.06. The lowest BCUT2D eigenvalue weighted by Gasteiger charge is -2.47. The minimum atomic E-state index is -0.520. The van der Waals surface area contributed by atoms with Crippen molar-refractivity contribution in [1.29, 1.82) is 0 Å². The van der Waals surface area contributed by atoms with Gasteiger partial charge in [-0.05, 0) is 59.1 Å². The number of amides is 1. The maximum Gasteiger partial charge on any atom is 0.410 e. The highest BCUT2D eigenvalue weighted by Gasteiger charge is 2.41. The Kier molecular flexibility index (Phi) is 6.72. The Labute approximate surface area is 190 Å². The fourth-order valence-corrected chi connectivity index (χ4v) is 4.47. The average Bonchev–Trinajstić information content (AvgIpc) is 3.21. The standard InChI is InChI=1S/C24H36N4O4/c1-8-24(26(6)22(30)32-23(3,4)5)12-14-27(15-13-24)19-11-10-17(21(29)31-7)20-18(19)16-28(9-2)25-20/h10-11,16H,8-9,12-15H2,1-7H3. The molecule has 1 aromatic carbocycles. The predicted octanol–water partition coefficient (Wildman–Crippen LogP) is 4.46. The number of aromatic nitrogens is 2. The van der Waals surface area contributed by atoms with Gasteiger partial charge < -0.3 is 19.3 Å². The smallest absolute Gasteiger partial charge is 0.410 e. The van der Waals surface area contributed by atoms with Gasteiger partial charge in [-0.15, -0.1) is 0 Å². The molecule has 0 aliphatic carbocycles. The molecule has 32 heavy (non-hydrogen) atoms. The second-order valence-corrected chi connectivity index (χ2v) is 9.48. The first kappa shape index (κ1) is 23.9. The number of methoxy groups -OCH3 is 1. The summed E-state index contributed by atoms with van der Waals surface area (Å²) in [6, 6.07) is 3.78. The van der Waals surface area contributed by atoms with Gasteiger partial charge in [0.2, 0.25) is 0 Å². The third-order valence-corrected chi connectivity index (χ3v) is 6.50. The molecule has 0 atom stereocenters. The molecule has 0 radical (unpaired) electrons. The molecule has 1 fully saturated rings. The van der Waals surface area contributed by atoms with Crippen molar-refractivity contribution in [3.05, 3.63) is 23.9 Å². The van der Waals surface area contributed by atoms with Gasteiger partial charge in [-0.3, -0.25) is 4.68 Å². The van der Waals surface area contributed by atoms with Gasteiger partial charge in [0.15, 0.2) is 0 Å². The number of esters is 1. The molecular formula is C24H36N4O4. The van der Waals surface area contributed by atoms with Gasteiger partial charge in [0.25, 0.3) is 0 Å². The molecule has 1 saturated heterocycles. The van der Waals surface area contributed by atoms with Crippen molar-refractivity contribution in [3.8, 4) is 0 Å². The number of piperidine rings is 1. The summed E-state index contributed by atoms with van der Waals surface area (Å²) in [7, 11) is 3.23. The number of anilines is 1. The zero-order valence-corrected chi connectivity index (χ0v) is 20.4. The molecule has 1 amide bonds. The molecule has 3 rings (SSSR count). The van der Waals surface area contributed by atoms with Crippen LogP contribution in [0.15, 0.2) is 18.3 Å². The van der Waals surface area contributed by atoms with Crippen LogP contribution in [0.4, 0.5) is 10.5 Å². The van der Waals surface area contributed by atoms with Crippen LogP contribution in [0.2, 0.25) is 0 Å². The lowest BCUT2D eigenvalue weighted by atomic mass is 9.83. The van der Waals surface area contributed by atoms with Crippen molar-refractivity contribution in [1.82, 2.24) is 14.7 Å². The first-order chi connectivity index (χ1) is 15.0. The number of aryl methyl sites for hydroxylation is 1. The number of carbonyl (C=O) groups excluding carboxylic acids is 2. The molecule has 0 saturated carbocycles. The number of carbonyl (C=O) groups is 2. The van der Waals surface area contributed by atoms with E-state index in [4.69, 9.17) is 9.47 Å². The van der Waals surface area contributed by atoms with Crippen molar-refractivity contribution in [3.63, 3.8) is 0 Å². The fourth-order valence-electron chi connectivity index (χ4n) is 4.47. The summed E-state index contributed by atoms with van der Waals surface area (Å²) in [6.07, 6.45) is 4.25. The molecule has 8 heteroatoms. The monoisotopic (exact) mass is 444 g/mol. The normalized spacial score (nSPS) is 16.2. The molecule has 0 unspecified atom stereocenters. The minimum absolute atomic E-state index is 0.239. The summed E-state index contributed by atoms with van der Waals surface area (Å²) in [5, 5.41) is 5.55. The fraction of sp³-hybridized carbons (Fsp3) is 0.625. The Morgan fingerprint density at radius 3 is 2.38 bits per heavy atom. The quantitative estimate of drug-likeness (QED) is 0.634. The number of fused-ring (bicyclic) bond motifs is 1. The molecule has 0 bridgehead atoms. The van der Waals surface area contributed by atoms with Gasteiger partial charge in [-0.1, -0.05) is 6.92 Å². The van der Waals surface area contributed by atoms with Crippen LogP contribution in [-0.2, 0) is 16.0 Å². The lowest BCUT2D eigenvalue weighted by molar-refractivity contribution is -0.00183. The van der Waals surface area contributed by atoms with Crippen LogP contribution >= 0.6 is 0 Å². The topological polar surface area (TPSA) is 76.9 Å². The van der Waals surface area contributed by atoms with E-state index in [9.17, 15) is 9.59 Å². The van der Waals surface area contributed by atoms with E-state index in [2.05, 4.69) is 16.9 Å². The van der Waals surface area contributed by atoms with Crippen molar-refractivity contribution in [2.75, 3.05) is 32.1 Å². The summed E-state index contributed by atoms with van der Waals surface area (Å²) in [5.74, 6) is -0.384. The van der Waals surface area contributed by atoms with E-state index in [1.54, 1.807) is 11.0 Å². The molecule has 8 nitrogen and oxygen atoms in total. The summed E-state index contributed by atoms with van der Waals surface area (Å²) >= 11 is 0. The van der Waals surface area contributed by atoms with E-state index in [1.807, 2.05) is 51.7 Å². The Bertz CT molecular complexity index is 984. The van der Waals surface area contributed by atoms with Gasteiger partial charge in [0, 0.05) is 49.5 Å². The summed E-state index contributed by atoms with van der Waals surface area (Å²) < 4.78 is 12.4. The lowest BCUT2D eigenvalue weighted by Crippen LogP contribution is -2.56. The Morgan fingerprint density at radius 2 is 1.84 bits per heavy atom. The molecular weight excluding hydrogens is 408 g/mol. The Balaban J connectivity index is 1.86. The maximum absolute atomic E-state index is 12.7. The number of benzene rings is 1. The summed E-state index contributed by atoms with van der Waals surface area (Å²) in [5.41, 5.74) is 1.43. The third-order valence-electron chi connectivity index (χ3n) is 6.50. The predicted molar refractivity (Wildman–Crippen MR) is 125 cm³/mol. The van der Waals surface area contributed by atoms with E-state index in [-0.39, 0.29) is 17.6 Å².